The van der Waals surface area contributed by atoms with Crippen molar-refractivity contribution in [3.8, 4) is 0 Å². The molecule has 6 rings (SSSR count). The largest absolute Gasteiger partial charge is 0.481 e. The molecule has 0 aromatic carbocycles. The lowest BCUT2D eigenvalue weighted by atomic mass is 9.46. The van der Waals surface area contributed by atoms with Gasteiger partial charge in [-0.25, -0.2) is 4.68 Å². The Bertz CT molecular complexity index is 899. The van der Waals surface area contributed by atoms with E-state index in [0.717, 1.165) is 44.9 Å². The maximum atomic E-state index is 13.4. The van der Waals surface area contributed by atoms with E-state index >= 15 is 0 Å². The normalized spacial score (nSPS) is 39.8. The van der Waals surface area contributed by atoms with Crippen molar-refractivity contribution in [1.82, 2.24) is 9.78 Å². The second-order valence-electron chi connectivity index (χ2n) is 10.9. The molecule has 4 bridgehead atoms. The summed E-state index contributed by atoms with van der Waals surface area (Å²) in [6.45, 7) is 2.25. The van der Waals surface area contributed by atoms with Crippen LogP contribution in [0.4, 0.5) is 5.69 Å². The maximum Gasteiger partial charge on any atom is 0.303 e. The van der Waals surface area contributed by atoms with Crippen LogP contribution in [0.25, 0.3) is 0 Å². The highest BCUT2D eigenvalue weighted by Crippen LogP contribution is 2.65. The summed E-state index contributed by atoms with van der Waals surface area (Å²) < 4.78 is 1.64. The molecular formula is C23H32ClN3O3. The van der Waals surface area contributed by atoms with Gasteiger partial charge in [-0.15, -0.1) is 0 Å². The Hall–Kier alpha value is -1.56. The average molecular weight is 434 g/mol. The zero-order valence-corrected chi connectivity index (χ0v) is 18.5. The lowest BCUT2D eigenvalue weighted by Crippen LogP contribution is -2.59. The van der Waals surface area contributed by atoms with Gasteiger partial charge in [-0.1, -0.05) is 31.4 Å². The molecule has 2 N–H and O–H groups in total. The molecule has 5 fully saturated rings. The van der Waals surface area contributed by atoms with Crippen molar-refractivity contribution in [3.05, 3.63) is 21.6 Å². The van der Waals surface area contributed by atoms with E-state index in [1.165, 1.54) is 19.3 Å². The topological polar surface area (TPSA) is 84.2 Å². The van der Waals surface area contributed by atoms with Gasteiger partial charge in [-0.2, -0.15) is 5.10 Å². The van der Waals surface area contributed by atoms with Crippen LogP contribution >= 0.6 is 11.6 Å². The number of nitrogens with one attached hydrogen (secondary N) is 1. The quantitative estimate of drug-likeness (QED) is 0.705. The molecule has 30 heavy (non-hydrogen) atoms. The fraction of sp³-hybridized carbons (Fsp3) is 0.783. The molecule has 5 aliphatic rings. The van der Waals surface area contributed by atoms with Crippen LogP contribution in [0, 0.1) is 23.2 Å². The first kappa shape index (κ1) is 20.3. The number of halogens is 1. The van der Waals surface area contributed by atoms with Gasteiger partial charge in [0.25, 0.3) is 5.56 Å². The van der Waals surface area contributed by atoms with Gasteiger partial charge >= 0.3 is 5.97 Å². The molecule has 1 heterocycles. The standard InChI is InChI=1S/C23H32ClN3O3/c1-14-4-2-3-5-17(14)26-18-12-25-27(21(30)20(18)24)23-9-15-6-16(10-23)8-22(7-15,13-23)11-19(28)29/h12,14-17,26H,2-11,13H2,1H3,(H,28,29)/t14-,15-,16+,17-,22?,23?/m0/s1. The molecule has 2 unspecified atom stereocenters. The minimum atomic E-state index is -0.730. The molecule has 5 saturated carbocycles. The zero-order chi connectivity index (χ0) is 21.1. The van der Waals surface area contributed by atoms with Crippen LogP contribution in [0.5, 0.6) is 0 Å². The second-order valence-corrected chi connectivity index (χ2v) is 11.2. The van der Waals surface area contributed by atoms with Crippen molar-refractivity contribution in [2.24, 2.45) is 23.2 Å². The molecule has 0 aliphatic heterocycles. The van der Waals surface area contributed by atoms with Crippen LogP contribution in [0.15, 0.2) is 11.0 Å². The number of hydrogen-bond donors (Lipinski definition) is 2. The second kappa shape index (κ2) is 7.25. The monoisotopic (exact) mass is 433 g/mol. The number of aromatic nitrogens is 2. The number of anilines is 1. The number of hydrogen-bond acceptors (Lipinski definition) is 4. The molecular weight excluding hydrogens is 402 g/mol. The number of carboxylic acids is 1. The van der Waals surface area contributed by atoms with Gasteiger partial charge in [0, 0.05) is 6.04 Å². The predicted molar refractivity (Wildman–Crippen MR) is 116 cm³/mol. The van der Waals surface area contributed by atoms with Gasteiger partial charge in [-0.3, -0.25) is 9.59 Å². The minimum absolute atomic E-state index is 0.196. The third kappa shape index (κ3) is 3.35. The molecule has 6 nitrogen and oxygen atoms in total. The maximum absolute atomic E-state index is 13.4. The van der Waals surface area contributed by atoms with E-state index in [1.807, 2.05) is 0 Å². The first-order valence-electron chi connectivity index (χ1n) is 11.6. The Morgan fingerprint density at radius 1 is 1.27 bits per heavy atom. The highest BCUT2D eigenvalue weighted by atomic mass is 35.5. The van der Waals surface area contributed by atoms with Crippen LogP contribution in [-0.2, 0) is 10.3 Å². The van der Waals surface area contributed by atoms with Crippen LogP contribution in [-0.4, -0.2) is 26.9 Å². The minimum Gasteiger partial charge on any atom is -0.481 e. The van der Waals surface area contributed by atoms with Crippen LogP contribution in [0.1, 0.15) is 77.6 Å². The van der Waals surface area contributed by atoms with Crippen LogP contribution in [0.2, 0.25) is 5.02 Å². The third-order valence-electron chi connectivity index (χ3n) is 8.50. The van der Waals surface area contributed by atoms with Gasteiger partial charge in [0.2, 0.25) is 0 Å². The number of aliphatic carboxylic acids is 1. The molecule has 0 radical (unpaired) electrons. The summed E-state index contributed by atoms with van der Waals surface area (Å²) in [5.74, 6) is 0.792. The first-order chi connectivity index (χ1) is 14.3. The van der Waals surface area contributed by atoms with E-state index in [9.17, 15) is 14.7 Å². The molecule has 0 spiro atoms. The van der Waals surface area contributed by atoms with Crippen molar-refractivity contribution < 1.29 is 9.90 Å². The number of rotatable bonds is 5. The molecule has 0 amide bonds. The third-order valence-corrected chi connectivity index (χ3v) is 8.86. The van der Waals surface area contributed by atoms with Crippen molar-refractivity contribution in [3.63, 3.8) is 0 Å². The number of carboxylic acid groups (broad SMARTS) is 1. The van der Waals surface area contributed by atoms with Crippen molar-refractivity contribution in [2.75, 3.05) is 5.32 Å². The van der Waals surface area contributed by atoms with Crippen molar-refractivity contribution in [2.45, 2.75) is 89.1 Å². The summed E-state index contributed by atoms with van der Waals surface area (Å²) in [5, 5.41) is 17.9. The predicted octanol–water partition coefficient (Wildman–Crippen LogP) is 4.66. The van der Waals surface area contributed by atoms with E-state index in [2.05, 4.69) is 17.3 Å². The highest BCUT2D eigenvalue weighted by Gasteiger charge is 2.59. The molecule has 0 saturated heterocycles. The fourth-order valence-corrected chi connectivity index (χ4v) is 7.96. The van der Waals surface area contributed by atoms with Crippen LogP contribution in [0.3, 0.4) is 0 Å². The lowest BCUT2D eigenvalue weighted by Gasteiger charge is -2.61. The van der Waals surface area contributed by atoms with E-state index in [-0.39, 0.29) is 28.0 Å². The first-order valence-corrected chi connectivity index (χ1v) is 11.9. The zero-order valence-electron chi connectivity index (χ0n) is 17.7. The summed E-state index contributed by atoms with van der Waals surface area (Å²) in [5.41, 5.74) is -0.159. The summed E-state index contributed by atoms with van der Waals surface area (Å²) >= 11 is 6.59. The summed E-state index contributed by atoms with van der Waals surface area (Å²) in [6.07, 6.45) is 12.3. The summed E-state index contributed by atoms with van der Waals surface area (Å²) in [7, 11) is 0. The summed E-state index contributed by atoms with van der Waals surface area (Å²) in [6, 6.07) is 0.326. The molecule has 164 valence electrons. The molecule has 7 heteroatoms. The average Bonchev–Trinajstić information content (AvgIpc) is 2.65. The fourth-order valence-electron chi connectivity index (χ4n) is 7.78. The highest BCUT2D eigenvalue weighted by molar-refractivity contribution is 6.32. The summed E-state index contributed by atoms with van der Waals surface area (Å²) in [4.78, 5) is 25.0. The Balaban J connectivity index is 1.46. The Labute approximate surface area is 182 Å². The molecule has 1 aromatic rings. The SMILES string of the molecule is C[C@H]1CCCC[C@@H]1Nc1cnn(C23C[C@@H]4C[C@@H](CC(CC(=O)O)(C4)C2)C3)c(=O)c1Cl. The van der Waals surface area contributed by atoms with Crippen LogP contribution < -0.4 is 10.9 Å². The van der Waals surface area contributed by atoms with Crippen molar-refractivity contribution in [1.29, 1.82) is 0 Å². The molecule has 1 aromatic heterocycles. The molecule has 5 aliphatic carbocycles. The Kier molecular flexibility index (Phi) is 4.92. The van der Waals surface area contributed by atoms with Gasteiger partial charge in [-0.05, 0) is 74.5 Å². The molecule has 6 atom stereocenters. The lowest BCUT2D eigenvalue weighted by molar-refractivity contribution is -0.151. The van der Waals surface area contributed by atoms with Gasteiger partial charge in [0.05, 0.1) is 23.8 Å². The Morgan fingerprint density at radius 2 is 1.97 bits per heavy atom. The van der Waals surface area contributed by atoms with E-state index in [0.29, 0.717) is 29.5 Å². The van der Waals surface area contributed by atoms with E-state index < -0.39 is 5.97 Å². The van der Waals surface area contributed by atoms with Gasteiger partial charge in [0.1, 0.15) is 5.02 Å². The van der Waals surface area contributed by atoms with Gasteiger partial charge in [0.15, 0.2) is 0 Å². The van der Waals surface area contributed by atoms with Gasteiger partial charge < -0.3 is 10.4 Å². The number of carbonyl (C=O) groups is 1. The van der Waals surface area contributed by atoms with Crippen molar-refractivity contribution >= 4 is 23.3 Å². The smallest absolute Gasteiger partial charge is 0.303 e. The van der Waals surface area contributed by atoms with E-state index in [4.69, 9.17) is 11.6 Å². The number of nitrogens with zero attached hydrogens (tertiary/aromatic N) is 2. The van der Waals surface area contributed by atoms with E-state index in [1.54, 1.807) is 10.9 Å². The Morgan fingerprint density at radius 3 is 2.63 bits per heavy atom.